The molecule has 0 saturated carbocycles. The molecule has 3 nitrogen and oxygen atoms in total. The van der Waals surface area contributed by atoms with Gasteiger partial charge in [0.2, 0.25) is 0 Å². The Morgan fingerprint density at radius 2 is 2.12 bits per heavy atom. The Bertz CT molecular complexity index is 491. The molecule has 2 N–H and O–H groups in total. The van der Waals surface area contributed by atoms with Crippen LogP contribution in [0.1, 0.15) is 17.1 Å². The number of hydrogen-bond donors (Lipinski definition) is 1. The molecule has 0 fully saturated rings. The van der Waals surface area contributed by atoms with Crippen molar-refractivity contribution in [3.05, 3.63) is 52.6 Å². The second-order valence-corrected chi connectivity index (χ2v) is 4.09. The third-order valence-electron chi connectivity index (χ3n) is 2.63. The van der Waals surface area contributed by atoms with Crippen molar-refractivity contribution in [1.29, 1.82) is 0 Å². The highest BCUT2D eigenvalue weighted by molar-refractivity contribution is 6.31. The lowest BCUT2D eigenvalue weighted by Crippen LogP contribution is -2.10. The Hall–Kier alpha value is -1.32. The van der Waals surface area contributed by atoms with Gasteiger partial charge in [0.05, 0.1) is 12.2 Å². The van der Waals surface area contributed by atoms with Crippen molar-refractivity contribution < 1.29 is 0 Å². The molecule has 0 amide bonds. The van der Waals surface area contributed by atoms with E-state index in [4.69, 9.17) is 17.3 Å². The fourth-order valence-electron chi connectivity index (χ4n) is 1.69. The highest BCUT2D eigenvalue weighted by atomic mass is 35.5. The summed E-state index contributed by atoms with van der Waals surface area (Å²) in [6.45, 7) is 3.18. The van der Waals surface area contributed by atoms with Crippen LogP contribution >= 0.6 is 11.6 Å². The molecule has 84 valence electrons. The van der Waals surface area contributed by atoms with Gasteiger partial charge in [-0.25, -0.2) is 4.98 Å². The molecule has 2 aromatic rings. The number of benzene rings is 1. The van der Waals surface area contributed by atoms with Gasteiger partial charge >= 0.3 is 0 Å². The van der Waals surface area contributed by atoms with Crippen LogP contribution in [0.25, 0.3) is 0 Å². The predicted octanol–water partition coefficient (Wildman–Crippen LogP) is 2.35. The molecule has 0 aliphatic rings. The highest BCUT2D eigenvalue weighted by Crippen LogP contribution is 2.17. The van der Waals surface area contributed by atoms with Gasteiger partial charge in [-0.1, -0.05) is 29.8 Å². The van der Waals surface area contributed by atoms with E-state index in [0.717, 1.165) is 28.6 Å². The molecule has 0 aliphatic heterocycles. The molecule has 0 spiro atoms. The van der Waals surface area contributed by atoms with Crippen molar-refractivity contribution in [3.63, 3.8) is 0 Å². The molecule has 0 aliphatic carbocycles. The molecule has 0 atom stereocenters. The van der Waals surface area contributed by atoms with Crippen LogP contribution in [0.5, 0.6) is 0 Å². The maximum absolute atomic E-state index is 6.12. The number of imidazole rings is 1. The van der Waals surface area contributed by atoms with Crippen LogP contribution in [0.4, 0.5) is 0 Å². The first-order valence-electron chi connectivity index (χ1n) is 5.17. The normalized spacial score (nSPS) is 10.7. The van der Waals surface area contributed by atoms with Crippen LogP contribution in [-0.4, -0.2) is 9.55 Å². The topological polar surface area (TPSA) is 43.8 Å². The van der Waals surface area contributed by atoms with E-state index in [-0.39, 0.29) is 0 Å². The lowest BCUT2D eigenvalue weighted by atomic mass is 10.2. The molecule has 16 heavy (non-hydrogen) atoms. The molecule has 0 radical (unpaired) electrons. The molecule has 1 aromatic carbocycles. The van der Waals surface area contributed by atoms with Gasteiger partial charge < -0.3 is 10.3 Å². The average Bonchev–Trinajstić information content (AvgIpc) is 2.63. The van der Waals surface area contributed by atoms with Crippen molar-refractivity contribution in [3.8, 4) is 0 Å². The van der Waals surface area contributed by atoms with E-state index in [2.05, 4.69) is 9.55 Å². The summed E-state index contributed by atoms with van der Waals surface area (Å²) >= 11 is 6.12. The van der Waals surface area contributed by atoms with Gasteiger partial charge in [0.1, 0.15) is 5.82 Å². The molecule has 0 bridgehead atoms. The lowest BCUT2D eigenvalue weighted by Gasteiger charge is -2.10. The zero-order chi connectivity index (χ0) is 11.5. The van der Waals surface area contributed by atoms with Gasteiger partial charge in [-0.15, -0.1) is 0 Å². The number of rotatable bonds is 3. The SMILES string of the molecule is Cc1ncc(CN)n1Cc1ccccc1Cl. The lowest BCUT2D eigenvalue weighted by molar-refractivity contribution is 0.714. The van der Waals surface area contributed by atoms with Crippen LogP contribution < -0.4 is 5.73 Å². The van der Waals surface area contributed by atoms with Gasteiger partial charge in [-0.3, -0.25) is 0 Å². The first-order valence-corrected chi connectivity index (χ1v) is 5.54. The Labute approximate surface area is 99.9 Å². The summed E-state index contributed by atoms with van der Waals surface area (Å²) in [6.07, 6.45) is 1.81. The third kappa shape index (κ3) is 2.10. The van der Waals surface area contributed by atoms with Gasteiger partial charge in [0, 0.05) is 17.8 Å². The molecule has 0 unspecified atom stereocenters. The summed E-state index contributed by atoms with van der Waals surface area (Å²) in [7, 11) is 0. The summed E-state index contributed by atoms with van der Waals surface area (Å²) in [5, 5.41) is 0.776. The Morgan fingerprint density at radius 3 is 2.81 bits per heavy atom. The zero-order valence-corrected chi connectivity index (χ0v) is 9.91. The van der Waals surface area contributed by atoms with Gasteiger partial charge in [0.15, 0.2) is 0 Å². The smallest absolute Gasteiger partial charge is 0.106 e. The third-order valence-corrected chi connectivity index (χ3v) is 3.00. The van der Waals surface area contributed by atoms with Crippen molar-refractivity contribution in [1.82, 2.24) is 9.55 Å². The maximum Gasteiger partial charge on any atom is 0.106 e. The second-order valence-electron chi connectivity index (χ2n) is 3.68. The predicted molar refractivity (Wildman–Crippen MR) is 65.4 cm³/mol. The van der Waals surface area contributed by atoms with E-state index in [1.165, 1.54) is 0 Å². The molecule has 4 heteroatoms. The van der Waals surface area contributed by atoms with Gasteiger partial charge in [-0.2, -0.15) is 0 Å². The number of nitrogens with two attached hydrogens (primary N) is 1. The Kier molecular flexibility index (Phi) is 3.27. The minimum Gasteiger partial charge on any atom is -0.327 e. The Balaban J connectivity index is 2.33. The number of aromatic nitrogens is 2. The van der Waals surface area contributed by atoms with E-state index >= 15 is 0 Å². The van der Waals surface area contributed by atoms with Gasteiger partial charge in [-0.05, 0) is 18.6 Å². The first-order chi connectivity index (χ1) is 7.72. The molecule has 2 rings (SSSR count). The van der Waals surface area contributed by atoms with Crippen LogP contribution in [0.3, 0.4) is 0 Å². The summed E-state index contributed by atoms with van der Waals surface area (Å²) < 4.78 is 2.08. The average molecular weight is 236 g/mol. The maximum atomic E-state index is 6.12. The van der Waals surface area contributed by atoms with Gasteiger partial charge in [0.25, 0.3) is 0 Å². The van der Waals surface area contributed by atoms with E-state index in [0.29, 0.717) is 6.54 Å². The molecule has 1 aromatic heterocycles. The molecular weight excluding hydrogens is 222 g/mol. The fraction of sp³-hybridized carbons (Fsp3) is 0.250. The van der Waals surface area contributed by atoms with Crippen molar-refractivity contribution in [2.75, 3.05) is 0 Å². The monoisotopic (exact) mass is 235 g/mol. The van der Waals surface area contributed by atoms with Crippen molar-refractivity contribution in [2.45, 2.75) is 20.0 Å². The molecule has 0 saturated heterocycles. The summed E-state index contributed by atoms with van der Waals surface area (Å²) in [6, 6.07) is 7.82. The van der Waals surface area contributed by atoms with Crippen molar-refractivity contribution in [2.24, 2.45) is 5.73 Å². The number of hydrogen-bond acceptors (Lipinski definition) is 2. The van der Waals surface area contributed by atoms with E-state index in [1.807, 2.05) is 37.4 Å². The highest BCUT2D eigenvalue weighted by Gasteiger charge is 2.07. The quantitative estimate of drug-likeness (QED) is 0.888. The number of aryl methyl sites for hydroxylation is 1. The first kappa shape index (κ1) is 11.2. The molecular formula is C12H14ClN3. The minimum atomic E-state index is 0.491. The largest absolute Gasteiger partial charge is 0.327 e. The Morgan fingerprint density at radius 1 is 1.38 bits per heavy atom. The summed E-state index contributed by atoms with van der Waals surface area (Å²) in [5.74, 6) is 0.959. The van der Waals surface area contributed by atoms with Crippen LogP contribution in [0, 0.1) is 6.92 Å². The van der Waals surface area contributed by atoms with E-state index in [9.17, 15) is 0 Å². The summed E-state index contributed by atoms with van der Waals surface area (Å²) in [4.78, 5) is 4.25. The standard InChI is InChI=1S/C12H14ClN3/c1-9-15-7-11(6-14)16(9)8-10-4-2-3-5-12(10)13/h2-5,7H,6,8,14H2,1H3. The van der Waals surface area contributed by atoms with Crippen molar-refractivity contribution >= 4 is 11.6 Å². The van der Waals surface area contributed by atoms with Crippen LogP contribution in [0.2, 0.25) is 5.02 Å². The van der Waals surface area contributed by atoms with E-state index in [1.54, 1.807) is 0 Å². The second kappa shape index (κ2) is 4.68. The number of nitrogens with zero attached hydrogens (tertiary/aromatic N) is 2. The fourth-order valence-corrected chi connectivity index (χ4v) is 1.89. The summed E-state index contributed by atoms with van der Waals surface area (Å²) in [5.41, 5.74) is 7.77. The molecule has 1 heterocycles. The number of halogens is 1. The minimum absolute atomic E-state index is 0.491. The van der Waals surface area contributed by atoms with Crippen LogP contribution in [0.15, 0.2) is 30.5 Å². The van der Waals surface area contributed by atoms with E-state index < -0.39 is 0 Å². The van der Waals surface area contributed by atoms with Crippen LogP contribution in [-0.2, 0) is 13.1 Å². The zero-order valence-electron chi connectivity index (χ0n) is 9.15.